The largest absolute Gasteiger partial charge is 0.306 e. The lowest BCUT2D eigenvalue weighted by Crippen LogP contribution is -2.32. The van der Waals surface area contributed by atoms with Gasteiger partial charge in [0.25, 0.3) is 0 Å². The summed E-state index contributed by atoms with van der Waals surface area (Å²) in [5.74, 6) is 1.89. The van der Waals surface area contributed by atoms with Crippen LogP contribution >= 0.6 is 0 Å². The number of nitrogens with one attached hydrogen (secondary N) is 1. The number of nitriles is 1. The molecule has 0 aliphatic carbocycles. The number of aromatic amines is 1. The number of H-pyrrole nitrogens is 1. The standard InChI is InChI=1S/C45H24N12/c1-47-32-10-4-13-35(25-32)56-41(53-38-16-7-19-50-44(38)56)30-22-29(40-52-37-15-6-18-49-43(37)55(40)34-12-3-9-28(21-34)27-46)23-31(24-30)42-54-39-17-8-20-51-45(39)57(42)36-14-5-11-33(26-36)48-2/h3-26H/p+1. The number of benzene rings is 4. The zero-order valence-electron chi connectivity index (χ0n) is 29.8. The predicted molar refractivity (Wildman–Crippen MR) is 216 cm³/mol. The molecule has 0 unspecified atom stereocenters. The van der Waals surface area contributed by atoms with Crippen LogP contribution in [-0.4, -0.2) is 39.0 Å². The van der Waals surface area contributed by atoms with Crippen molar-refractivity contribution in [2.75, 3.05) is 0 Å². The van der Waals surface area contributed by atoms with E-state index in [0.717, 1.165) is 39.3 Å². The van der Waals surface area contributed by atoms with Gasteiger partial charge in [-0.15, -0.1) is 4.98 Å². The highest BCUT2D eigenvalue weighted by Gasteiger charge is 2.26. The molecule has 0 radical (unpaired) electrons. The van der Waals surface area contributed by atoms with Crippen LogP contribution in [-0.2, 0) is 0 Å². The van der Waals surface area contributed by atoms with Gasteiger partial charge in [-0.25, -0.2) is 29.6 Å². The number of hydrogen-bond donors (Lipinski definition) is 1. The number of imidazole rings is 3. The maximum Gasteiger partial charge on any atom is 0.306 e. The van der Waals surface area contributed by atoms with Crippen molar-refractivity contribution in [2.24, 2.45) is 0 Å². The smallest absolute Gasteiger partial charge is 0.278 e. The molecular weight excluding hydrogens is 709 g/mol. The first-order valence-electron chi connectivity index (χ1n) is 17.8. The molecule has 0 amide bonds. The van der Waals surface area contributed by atoms with E-state index in [1.165, 1.54) is 0 Å². The van der Waals surface area contributed by atoms with Gasteiger partial charge in [-0.1, -0.05) is 30.3 Å². The van der Waals surface area contributed by atoms with Crippen molar-refractivity contribution in [3.63, 3.8) is 0 Å². The van der Waals surface area contributed by atoms with Gasteiger partial charge in [0.05, 0.1) is 24.8 Å². The third kappa shape index (κ3) is 5.52. The lowest BCUT2D eigenvalue weighted by Gasteiger charge is -2.14. The minimum Gasteiger partial charge on any atom is -0.278 e. The molecule has 12 nitrogen and oxygen atoms in total. The number of hydrogen-bond acceptors (Lipinski definition) is 6. The zero-order chi connectivity index (χ0) is 38.5. The highest BCUT2D eigenvalue weighted by molar-refractivity contribution is 5.87. The third-order valence-corrected chi connectivity index (χ3v) is 9.70. The Kier molecular flexibility index (Phi) is 7.63. The van der Waals surface area contributed by atoms with Crippen LogP contribution in [0.3, 0.4) is 0 Å². The molecule has 0 saturated carbocycles. The lowest BCUT2D eigenvalue weighted by atomic mass is 10.0. The maximum absolute atomic E-state index is 9.87. The molecule has 57 heavy (non-hydrogen) atoms. The first kappa shape index (κ1) is 32.8. The van der Waals surface area contributed by atoms with Gasteiger partial charge >= 0.3 is 5.65 Å². The molecule has 0 bridgehead atoms. The van der Waals surface area contributed by atoms with Crippen molar-refractivity contribution in [1.29, 1.82) is 5.26 Å². The Balaban J connectivity index is 1.32. The molecule has 1 N–H and O–H groups in total. The molecule has 0 spiro atoms. The van der Waals surface area contributed by atoms with E-state index in [0.29, 0.717) is 62.4 Å². The molecule has 0 aliphatic heterocycles. The third-order valence-electron chi connectivity index (χ3n) is 9.70. The van der Waals surface area contributed by atoms with Crippen molar-refractivity contribution in [3.05, 3.63) is 174 Å². The van der Waals surface area contributed by atoms with Crippen molar-refractivity contribution >= 4 is 44.9 Å². The van der Waals surface area contributed by atoms with Crippen LogP contribution < -0.4 is 4.57 Å². The summed E-state index contributed by atoms with van der Waals surface area (Å²) in [7, 11) is 0. The van der Waals surface area contributed by atoms with E-state index in [1.54, 1.807) is 36.8 Å². The molecule has 10 rings (SSSR count). The van der Waals surface area contributed by atoms with Crippen LogP contribution in [0.5, 0.6) is 0 Å². The highest BCUT2D eigenvalue weighted by atomic mass is 15.2. The molecule has 0 saturated heterocycles. The monoisotopic (exact) mass is 733 g/mol. The Bertz CT molecular complexity index is 3000. The van der Waals surface area contributed by atoms with Gasteiger partial charge in [0.15, 0.2) is 28.2 Å². The Morgan fingerprint density at radius 2 is 1.16 bits per heavy atom. The Morgan fingerprint density at radius 3 is 1.75 bits per heavy atom. The number of pyridine rings is 3. The van der Waals surface area contributed by atoms with Crippen LogP contribution in [0.2, 0.25) is 0 Å². The number of fused-ring (bicyclic) bond motifs is 3. The van der Waals surface area contributed by atoms with Gasteiger partial charge in [-0.3, -0.25) is 14.1 Å². The van der Waals surface area contributed by atoms with Gasteiger partial charge in [0.2, 0.25) is 5.82 Å². The van der Waals surface area contributed by atoms with Crippen LogP contribution in [0.1, 0.15) is 5.56 Å². The fourth-order valence-electron chi connectivity index (χ4n) is 7.26. The normalized spacial score (nSPS) is 11.1. The van der Waals surface area contributed by atoms with E-state index in [1.807, 2.05) is 111 Å². The van der Waals surface area contributed by atoms with Crippen molar-refractivity contribution in [3.8, 4) is 57.3 Å². The summed E-state index contributed by atoms with van der Waals surface area (Å²) in [5.41, 5.74) is 10.0. The summed E-state index contributed by atoms with van der Waals surface area (Å²) in [6, 6.07) is 42.0. The Labute approximate surface area is 324 Å². The van der Waals surface area contributed by atoms with E-state index >= 15 is 0 Å². The maximum atomic E-state index is 9.87. The lowest BCUT2D eigenvalue weighted by molar-refractivity contribution is -0.557. The second-order valence-electron chi connectivity index (χ2n) is 13.1. The van der Waals surface area contributed by atoms with E-state index in [9.17, 15) is 5.26 Å². The fraction of sp³-hybridized carbons (Fsp3) is 0. The topological polar surface area (TPSA) is 126 Å². The fourth-order valence-corrected chi connectivity index (χ4v) is 7.26. The molecule has 264 valence electrons. The average molecular weight is 734 g/mol. The summed E-state index contributed by atoms with van der Waals surface area (Å²) in [6.45, 7) is 15.5. The second-order valence-corrected chi connectivity index (χ2v) is 13.1. The molecule has 6 heterocycles. The predicted octanol–water partition coefficient (Wildman–Crippen LogP) is 9.28. The van der Waals surface area contributed by atoms with Gasteiger partial charge < -0.3 is 0 Å². The summed E-state index contributed by atoms with van der Waals surface area (Å²) in [4.78, 5) is 35.6. The van der Waals surface area contributed by atoms with Crippen molar-refractivity contribution in [2.45, 2.75) is 0 Å². The highest BCUT2D eigenvalue weighted by Crippen LogP contribution is 2.37. The number of nitrogens with zero attached hydrogens (tertiary/aromatic N) is 11. The Hall–Kier alpha value is -8.79. The molecular formula is C45H25N12+. The SMILES string of the molecule is [C-]#[N+]c1cccc(-n2c(-c3cc(-c4nc5cccnc5n4-c4cccc([N+]#[C-])c4)cc(-c4[nH]c5cccnc5[n+]4-c4cccc(C#N)c4)c3)nc3cccnc32)c1. The molecule has 0 aliphatic rings. The summed E-state index contributed by atoms with van der Waals surface area (Å²) in [6.07, 6.45) is 5.20. The first-order valence-corrected chi connectivity index (χ1v) is 17.8. The van der Waals surface area contributed by atoms with E-state index in [4.69, 9.17) is 38.1 Å². The van der Waals surface area contributed by atoms with E-state index in [-0.39, 0.29) is 0 Å². The van der Waals surface area contributed by atoms with Crippen LogP contribution in [0, 0.1) is 24.5 Å². The van der Waals surface area contributed by atoms with Crippen LogP contribution in [0.15, 0.2) is 146 Å². The molecule has 12 heteroatoms. The second kappa shape index (κ2) is 13.3. The summed E-state index contributed by atoms with van der Waals surface area (Å²) in [5, 5.41) is 9.87. The quantitative estimate of drug-likeness (QED) is 0.134. The number of rotatable bonds is 6. The van der Waals surface area contributed by atoms with Crippen LogP contribution in [0.4, 0.5) is 11.4 Å². The van der Waals surface area contributed by atoms with Gasteiger partial charge in [-0.2, -0.15) is 9.83 Å². The average Bonchev–Trinajstić information content (AvgIpc) is 3.98. The molecule has 4 aromatic carbocycles. The molecule has 10 aromatic rings. The van der Waals surface area contributed by atoms with E-state index < -0.39 is 0 Å². The molecule has 6 aromatic heterocycles. The van der Waals surface area contributed by atoms with Crippen LogP contribution in [0.25, 0.3) is 94.4 Å². The summed E-state index contributed by atoms with van der Waals surface area (Å²) >= 11 is 0. The Morgan fingerprint density at radius 1 is 0.596 bits per heavy atom. The first-order chi connectivity index (χ1) is 28.1. The zero-order valence-corrected chi connectivity index (χ0v) is 29.8. The van der Waals surface area contributed by atoms with Crippen molar-refractivity contribution in [1.82, 2.24) is 39.0 Å². The van der Waals surface area contributed by atoms with Crippen molar-refractivity contribution < 1.29 is 4.57 Å². The van der Waals surface area contributed by atoms with Gasteiger partial charge in [-0.05, 0) is 97.1 Å². The minimum absolute atomic E-state index is 0.486. The van der Waals surface area contributed by atoms with Gasteiger partial charge in [0, 0.05) is 40.5 Å². The molecule has 0 fully saturated rings. The van der Waals surface area contributed by atoms with E-state index in [2.05, 4.69) is 32.9 Å². The number of aromatic nitrogens is 9. The minimum atomic E-state index is 0.486. The molecule has 0 atom stereocenters. The summed E-state index contributed by atoms with van der Waals surface area (Å²) < 4.78 is 5.94. The van der Waals surface area contributed by atoms with Gasteiger partial charge in [0.1, 0.15) is 34.6 Å².